The number of fused-ring (bicyclic) bond motifs is 3. The summed E-state index contributed by atoms with van der Waals surface area (Å²) in [4.78, 5) is 37.1. The number of carboxylic acids is 1. The van der Waals surface area contributed by atoms with E-state index in [0.29, 0.717) is 0 Å². The van der Waals surface area contributed by atoms with E-state index in [9.17, 15) is 22.8 Å². The summed E-state index contributed by atoms with van der Waals surface area (Å²) in [6.45, 7) is -0.492. The molecule has 2 aromatic carbocycles. The van der Waals surface area contributed by atoms with Gasteiger partial charge in [-0.3, -0.25) is 9.59 Å². The van der Waals surface area contributed by atoms with Gasteiger partial charge in [-0.2, -0.15) is 0 Å². The van der Waals surface area contributed by atoms with Crippen LogP contribution < -0.4 is 5.32 Å². The molecule has 34 heavy (non-hydrogen) atoms. The molecule has 1 saturated heterocycles. The topological polar surface area (TPSA) is 130 Å². The molecule has 1 unspecified atom stereocenters. The average molecular weight is 487 g/mol. The molecular formula is C24H26N2O7S. The number of sulfone groups is 1. The SMILES string of the molecule is O=C(O)CN(C(=O)CCNC(=O)OCC1c2ccccc2-c2ccccc21)C1CCS(=O)(=O)C1. The first-order valence-corrected chi connectivity index (χ1v) is 12.9. The van der Waals surface area contributed by atoms with Crippen molar-refractivity contribution in [3.05, 3.63) is 59.7 Å². The van der Waals surface area contributed by atoms with Crippen LogP contribution in [0.4, 0.5) is 4.79 Å². The van der Waals surface area contributed by atoms with Crippen LogP contribution >= 0.6 is 0 Å². The van der Waals surface area contributed by atoms with Crippen LogP contribution in [0.3, 0.4) is 0 Å². The van der Waals surface area contributed by atoms with Crippen molar-refractivity contribution < 1.29 is 32.6 Å². The van der Waals surface area contributed by atoms with E-state index in [2.05, 4.69) is 5.32 Å². The number of hydrogen-bond acceptors (Lipinski definition) is 6. The van der Waals surface area contributed by atoms with Crippen molar-refractivity contribution in [1.29, 1.82) is 0 Å². The highest BCUT2D eigenvalue weighted by molar-refractivity contribution is 7.91. The first-order valence-electron chi connectivity index (χ1n) is 11.1. The van der Waals surface area contributed by atoms with Crippen LogP contribution in [0.1, 0.15) is 29.9 Å². The normalized spacial score (nSPS) is 18.1. The summed E-state index contributed by atoms with van der Waals surface area (Å²) < 4.78 is 28.9. The maximum Gasteiger partial charge on any atom is 0.407 e. The van der Waals surface area contributed by atoms with Gasteiger partial charge in [-0.25, -0.2) is 13.2 Å². The molecule has 180 valence electrons. The molecule has 2 aromatic rings. The van der Waals surface area contributed by atoms with Gasteiger partial charge < -0.3 is 20.1 Å². The van der Waals surface area contributed by atoms with Crippen LogP contribution in [-0.4, -0.2) is 73.6 Å². The van der Waals surface area contributed by atoms with Gasteiger partial charge in [0.2, 0.25) is 5.91 Å². The monoisotopic (exact) mass is 486 g/mol. The summed E-state index contributed by atoms with van der Waals surface area (Å²) in [5.41, 5.74) is 4.40. The summed E-state index contributed by atoms with van der Waals surface area (Å²) in [6.07, 6.45) is -0.627. The first kappa shape index (κ1) is 23.7. The number of nitrogens with one attached hydrogen (secondary N) is 1. The van der Waals surface area contributed by atoms with Crippen LogP contribution in [0.5, 0.6) is 0 Å². The van der Waals surface area contributed by atoms with Crippen LogP contribution in [0.15, 0.2) is 48.5 Å². The minimum atomic E-state index is -3.28. The fraction of sp³-hybridized carbons (Fsp3) is 0.375. The largest absolute Gasteiger partial charge is 0.480 e. The number of alkyl carbamates (subject to hydrolysis) is 1. The molecule has 4 rings (SSSR count). The van der Waals surface area contributed by atoms with E-state index in [0.717, 1.165) is 27.2 Å². The molecule has 0 spiro atoms. The fourth-order valence-electron chi connectivity index (χ4n) is 4.65. The predicted octanol–water partition coefficient (Wildman–Crippen LogP) is 2.02. The third-order valence-electron chi connectivity index (χ3n) is 6.23. The van der Waals surface area contributed by atoms with Crippen molar-refractivity contribution >= 4 is 27.8 Å². The van der Waals surface area contributed by atoms with E-state index < -0.39 is 40.4 Å². The van der Waals surface area contributed by atoms with Gasteiger partial charge in [0.05, 0.1) is 11.5 Å². The van der Waals surface area contributed by atoms with Crippen molar-refractivity contribution in [3.8, 4) is 11.1 Å². The second-order valence-corrected chi connectivity index (χ2v) is 10.7. The number of carbonyl (C=O) groups excluding carboxylic acids is 2. The summed E-state index contributed by atoms with van der Waals surface area (Å²) in [7, 11) is -3.28. The Kier molecular flexibility index (Phi) is 6.87. The molecule has 2 aliphatic rings. The summed E-state index contributed by atoms with van der Waals surface area (Å²) >= 11 is 0. The smallest absolute Gasteiger partial charge is 0.407 e. The van der Waals surface area contributed by atoms with Gasteiger partial charge in [0.1, 0.15) is 13.2 Å². The van der Waals surface area contributed by atoms with Gasteiger partial charge in [-0.1, -0.05) is 48.5 Å². The van der Waals surface area contributed by atoms with Gasteiger partial charge in [0, 0.05) is 24.9 Å². The molecule has 9 nitrogen and oxygen atoms in total. The molecule has 2 N–H and O–H groups in total. The standard InChI is InChI=1S/C24H26N2O7S/c27-22(26(13-23(28)29)16-10-12-34(31,32)15-16)9-11-25-24(30)33-14-21-19-7-3-1-5-17(19)18-6-2-4-8-20(18)21/h1-8,16,21H,9-15H2,(H,25,30)(H,28,29). The summed E-state index contributed by atoms with van der Waals surface area (Å²) in [6, 6.07) is 15.3. The molecule has 1 atom stereocenters. The third-order valence-corrected chi connectivity index (χ3v) is 7.98. The molecule has 1 aliphatic carbocycles. The van der Waals surface area contributed by atoms with Gasteiger partial charge in [-0.15, -0.1) is 0 Å². The number of nitrogens with zero attached hydrogens (tertiary/aromatic N) is 1. The summed E-state index contributed by atoms with van der Waals surface area (Å²) in [5.74, 6) is -2.15. The van der Waals surface area contributed by atoms with E-state index in [4.69, 9.17) is 9.84 Å². The van der Waals surface area contributed by atoms with Crippen LogP contribution in [0.25, 0.3) is 11.1 Å². The zero-order valence-electron chi connectivity index (χ0n) is 18.5. The average Bonchev–Trinajstić information content (AvgIpc) is 3.32. The molecule has 0 radical (unpaired) electrons. The second-order valence-electron chi connectivity index (χ2n) is 8.47. The highest BCUT2D eigenvalue weighted by Gasteiger charge is 2.35. The number of aliphatic carboxylic acids is 1. The Labute approximate surface area is 197 Å². The zero-order chi connectivity index (χ0) is 24.3. The quantitative estimate of drug-likeness (QED) is 0.584. The van der Waals surface area contributed by atoms with Gasteiger partial charge in [0.25, 0.3) is 0 Å². The van der Waals surface area contributed by atoms with E-state index in [1.54, 1.807) is 0 Å². The number of amides is 2. The molecule has 2 amide bonds. The molecular weight excluding hydrogens is 460 g/mol. The Morgan fingerprint density at radius 3 is 2.21 bits per heavy atom. The molecule has 1 heterocycles. The minimum Gasteiger partial charge on any atom is -0.480 e. The van der Waals surface area contributed by atoms with Crippen molar-refractivity contribution in [2.24, 2.45) is 0 Å². The van der Waals surface area contributed by atoms with Gasteiger partial charge in [-0.05, 0) is 28.7 Å². The van der Waals surface area contributed by atoms with E-state index in [-0.39, 0.29) is 43.4 Å². The lowest BCUT2D eigenvalue weighted by Gasteiger charge is -2.26. The predicted molar refractivity (Wildman–Crippen MR) is 124 cm³/mol. The number of carboxylic acid groups (broad SMARTS) is 1. The first-order chi connectivity index (χ1) is 16.2. The lowest BCUT2D eigenvalue weighted by Crippen LogP contribution is -2.45. The van der Waals surface area contributed by atoms with E-state index in [1.165, 1.54) is 0 Å². The Balaban J connectivity index is 1.30. The highest BCUT2D eigenvalue weighted by atomic mass is 32.2. The number of carbonyl (C=O) groups is 3. The molecule has 10 heteroatoms. The van der Waals surface area contributed by atoms with Crippen molar-refractivity contribution in [2.75, 3.05) is 31.2 Å². The van der Waals surface area contributed by atoms with E-state index in [1.807, 2.05) is 48.5 Å². The Morgan fingerprint density at radius 1 is 1.03 bits per heavy atom. The fourth-order valence-corrected chi connectivity index (χ4v) is 6.38. The van der Waals surface area contributed by atoms with Crippen molar-refractivity contribution in [3.63, 3.8) is 0 Å². The Morgan fingerprint density at radius 2 is 1.65 bits per heavy atom. The van der Waals surface area contributed by atoms with Crippen molar-refractivity contribution in [1.82, 2.24) is 10.2 Å². The molecule has 0 aromatic heterocycles. The molecule has 0 bridgehead atoms. The lowest BCUT2D eigenvalue weighted by molar-refractivity contribution is -0.145. The molecule has 1 fully saturated rings. The van der Waals surface area contributed by atoms with Gasteiger partial charge >= 0.3 is 12.1 Å². The van der Waals surface area contributed by atoms with Crippen LogP contribution in [-0.2, 0) is 24.2 Å². The third kappa shape index (κ3) is 5.22. The minimum absolute atomic E-state index is 0.0505. The maximum absolute atomic E-state index is 12.6. The number of benzene rings is 2. The van der Waals surface area contributed by atoms with Crippen LogP contribution in [0.2, 0.25) is 0 Å². The number of rotatable bonds is 8. The maximum atomic E-state index is 12.6. The zero-order valence-corrected chi connectivity index (χ0v) is 19.3. The van der Waals surface area contributed by atoms with E-state index >= 15 is 0 Å². The molecule has 1 aliphatic heterocycles. The second kappa shape index (κ2) is 9.84. The van der Waals surface area contributed by atoms with Gasteiger partial charge in [0.15, 0.2) is 9.84 Å². The Hall–Kier alpha value is -3.40. The number of hydrogen-bond donors (Lipinski definition) is 2. The van der Waals surface area contributed by atoms with Crippen LogP contribution in [0, 0.1) is 0 Å². The van der Waals surface area contributed by atoms with Crippen molar-refractivity contribution in [2.45, 2.75) is 24.8 Å². The Bertz CT molecular complexity index is 1170. The lowest BCUT2D eigenvalue weighted by atomic mass is 9.98. The summed E-state index contributed by atoms with van der Waals surface area (Å²) in [5, 5.41) is 11.6. The molecule has 0 saturated carbocycles. The number of ether oxygens (including phenoxy) is 1. The highest BCUT2D eigenvalue weighted by Crippen LogP contribution is 2.44.